The first-order valence-electron chi connectivity index (χ1n) is 6.95. The van der Waals surface area contributed by atoms with Crippen LogP contribution in [0.15, 0.2) is 16.6 Å². The molecule has 114 valence electrons. The van der Waals surface area contributed by atoms with Crippen molar-refractivity contribution in [3.05, 3.63) is 27.2 Å². The van der Waals surface area contributed by atoms with Gasteiger partial charge >= 0.3 is 0 Å². The number of H-pyrrole nitrogens is 1. The van der Waals surface area contributed by atoms with Crippen molar-refractivity contribution in [3.63, 3.8) is 0 Å². The highest BCUT2D eigenvalue weighted by molar-refractivity contribution is 9.10. The summed E-state index contributed by atoms with van der Waals surface area (Å²) in [7, 11) is 0. The third kappa shape index (κ3) is 3.06. The fraction of sp³-hybridized carbons (Fsp3) is 0.500. The zero-order chi connectivity index (χ0) is 15.0. The predicted octanol–water partition coefficient (Wildman–Crippen LogP) is 3.49. The SMILES string of the molecule is CC(CN1CCOCC1)n1c(=S)[nH]c2cc(F)c(Br)cc21. The molecule has 2 heterocycles. The van der Waals surface area contributed by atoms with Crippen molar-refractivity contribution in [1.29, 1.82) is 0 Å². The second-order valence-corrected chi connectivity index (χ2v) is 6.59. The van der Waals surface area contributed by atoms with Crippen LogP contribution in [0.1, 0.15) is 13.0 Å². The van der Waals surface area contributed by atoms with Gasteiger partial charge in [0.05, 0.1) is 28.7 Å². The van der Waals surface area contributed by atoms with E-state index in [4.69, 9.17) is 17.0 Å². The summed E-state index contributed by atoms with van der Waals surface area (Å²) in [6.07, 6.45) is 0. The molecule has 1 atom stereocenters. The molecule has 1 aromatic carbocycles. The summed E-state index contributed by atoms with van der Waals surface area (Å²) in [5.41, 5.74) is 1.66. The minimum atomic E-state index is -0.285. The first-order chi connectivity index (χ1) is 10.1. The Bertz CT molecular complexity index is 708. The summed E-state index contributed by atoms with van der Waals surface area (Å²) < 4.78 is 22.1. The van der Waals surface area contributed by atoms with Gasteiger partial charge in [-0.15, -0.1) is 0 Å². The molecule has 0 aliphatic carbocycles. The van der Waals surface area contributed by atoms with Crippen LogP contribution in [0.4, 0.5) is 4.39 Å². The molecule has 0 amide bonds. The van der Waals surface area contributed by atoms with Gasteiger partial charge in [-0.3, -0.25) is 4.90 Å². The molecule has 1 aliphatic heterocycles. The largest absolute Gasteiger partial charge is 0.379 e. The van der Waals surface area contributed by atoms with Crippen LogP contribution in [0.5, 0.6) is 0 Å². The van der Waals surface area contributed by atoms with Crippen molar-refractivity contribution in [3.8, 4) is 0 Å². The van der Waals surface area contributed by atoms with Crippen molar-refractivity contribution in [2.45, 2.75) is 13.0 Å². The number of halogens is 2. The van der Waals surface area contributed by atoms with Crippen LogP contribution >= 0.6 is 28.1 Å². The predicted molar refractivity (Wildman–Crippen MR) is 86.8 cm³/mol. The second-order valence-electron chi connectivity index (χ2n) is 5.35. The van der Waals surface area contributed by atoms with E-state index in [-0.39, 0.29) is 11.9 Å². The molecule has 1 aliphatic rings. The molecule has 1 fully saturated rings. The number of nitrogens with one attached hydrogen (secondary N) is 1. The minimum absolute atomic E-state index is 0.210. The maximum Gasteiger partial charge on any atom is 0.178 e. The van der Waals surface area contributed by atoms with Crippen molar-refractivity contribution in [2.75, 3.05) is 32.8 Å². The van der Waals surface area contributed by atoms with Gasteiger partial charge in [-0.05, 0) is 41.1 Å². The van der Waals surface area contributed by atoms with Gasteiger partial charge in [-0.2, -0.15) is 0 Å². The molecule has 4 nitrogen and oxygen atoms in total. The first kappa shape index (κ1) is 15.1. The molecule has 0 spiro atoms. The fourth-order valence-corrected chi connectivity index (χ4v) is 3.52. The molecule has 1 unspecified atom stereocenters. The Morgan fingerprint density at radius 1 is 1.43 bits per heavy atom. The van der Waals surface area contributed by atoms with Gasteiger partial charge in [-0.1, -0.05) is 0 Å². The number of benzene rings is 1. The molecule has 2 aromatic rings. The normalized spacial score (nSPS) is 18.2. The van der Waals surface area contributed by atoms with Crippen LogP contribution in [-0.2, 0) is 4.74 Å². The Hall–Kier alpha value is -0.760. The van der Waals surface area contributed by atoms with E-state index >= 15 is 0 Å². The fourth-order valence-electron chi connectivity index (χ4n) is 2.80. The molecule has 0 radical (unpaired) electrons. The molecule has 1 saturated heterocycles. The lowest BCUT2D eigenvalue weighted by atomic mass is 10.2. The lowest BCUT2D eigenvalue weighted by Gasteiger charge is -2.29. The zero-order valence-corrected chi connectivity index (χ0v) is 14.1. The van der Waals surface area contributed by atoms with Crippen molar-refractivity contribution in [2.24, 2.45) is 0 Å². The summed E-state index contributed by atoms with van der Waals surface area (Å²) in [6.45, 7) is 6.48. The summed E-state index contributed by atoms with van der Waals surface area (Å²) in [5.74, 6) is -0.285. The smallest absolute Gasteiger partial charge is 0.178 e. The topological polar surface area (TPSA) is 33.2 Å². The zero-order valence-electron chi connectivity index (χ0n) is 11.7. The number of morpholine rings is 1. The van der Waals surface area contributed by atoms with Gasteiger partial charge in [0.1, 0.15) is 5.82 Å². The van der Waals surface area contributed by atoms with E-state index in [0.29, 0.717) is 9.24 Å². The summed E-state index contributed by atoms with van der Waals surface area (Å²) in [6, 6.07) is 3.47. The van der Waals surface area contributed by atoms with E-state index in [1.54, 1.807) is 6.07 Å². The lowest BCUT2D eigenvalue weighted by molar-refractivity contribution is 0.0327. The molecule has 0 saturated carbocycles. The standard InChI is InChI=1S/C14H17BrFN3OS/c1-9(8-18-2-4-20-5-3-18)19-13-6-10(15)11(16)7-12(13)17-14(19)21/h6-7,9H,2-5,8H2,1H3,(H,17,21). The van der Waals surface area contributed by atoms with Crippen molar-refractivity contribution >= 4 is 39.2 Å². The third-order valence-electron chi connectivity index (χ3n) is 3.83. The summed E-state index contributed by atoms with van der Waals surface area (Å²) in [5, 5.41) is 0. The van der Waals surface area contributed by atoms with Gasteiger partial charge in [0, 0.05) is 31.7 Å². The Morgan fingerprint density at radius 3 is 2.86 bits per heavy atom. The van der Waals surface area contributed by atoms with Gasteiger partial charge in [0.2, 0.25) is 0 Å². The number of hydrogen-bond acceptors (Lipinski definition) is 3. The third-order valence-corrected chi connectivity index (χ3v) is 4.73. The molecular formula is C14H17BrFN3OS. The number of aromatic amines is 1. The van der Waals surface area contributed by atoms with E-state index in [1.165, 1.54) is 6.07 Å². The van der Waals surface area contributed by atoms with E-state index in [0.717, 1.165) is 43.9 Å². The minimum Gasteiger partial charge on any atom is -0.379 e. The molecule has 21 heavy (non-hydrogen) atoms. The highest BCUT2D eigenvalue weighted by atomic mass is 79.9. The monoisotopic (exact) mass is 373 g/mol. The highest BCUT2D eigenvalue weighted by Crippen LogP contribution is 2.26. The van der Waals surface area contributed by atoms with Crippen molar-refractivity contribution in [1.82, 2.24) is 14.5 Å². The molecule has 1 aromatic heterocycles. The maximum absolute atomic E-state index is 13.6. The van der Waals surface area contributed by atoms with Crippen LogP contribution in [-0.4, -0.2) is 47.3 Å². The number of aromatic nitrogens is 2. The van der Waals surface area contributed by atoms with Crippen LogP contribution < -0.4 is 0 Å². The van der Waals surface area contributed by atoms with Crippen LogP contribution in [0.3, 0.4) is 0 Å². The average Bonchev–Trinajstić information content (AvgIpc) is 2.75. The summed E-state index contributed by atoms with van der Waals surface area (Å²) in [4.78, 5) is 5.46. The van der Waals surface area contributed by atoms with E-state index in [1.807, 2.05) is 0 Å². The number of fused-ring (bicyclic) bond motifs is 1. The number of ether oxygens (including phenoxy) is 1. The highest BCUT2D eigenvalue weighted by Gasteiger charge is 2.18. The van der Waals surface area contributed by atoms with E-state index in [9.17, 15) is 4.39 Å². The Balaban J connectivity index is 1.93. The van der Waals surface area contributed by atoms with E-state index in [2.05, 4.69) is 37.3 Å². The first-order valence-corrected chi connectivity index (χ1v) is 8.16. The van der Waals surface area contributed by atoms with Crippen LogP contribution in [0, 0.1) is 10.6 Å². The number of nitrogens with zero attached hydrogens (tertiary/aromatic N) is 2. The quantitative estimate of drug-likeness (QED) is 0.835. The van der Waals surface area contributed by atoms with Gasteiger partial charge in [0.15, 0.2) is 4.77 Å². The molecule has 3 rings (SSSR count). The Morgan fingerprint density at radius 2 is 2.14 bits per heavy atom. The molecule has 0 bridgehead atoms. The Labute approximate surface area is 136 Å². The van der Waals surface area contributed by atoms with Crippen LogP contribution in [0.25, 0.3) is 11.0 Å². The van der Waals surface area contributed by atoms with E-state index < -0.39 is 0 Å². The molecular weight excluding hydrogens is 357 g/mol. The van der Waals surface area contributed by atoms with Gasteiger partial charge in [0.25, 0.3) is 0 Å². The van der Waals surface area contributed by atoms with Gasteiger partial charge in [-0.25, -0.2) is 4.39 Å². The number of rotatable bonds is 3. The average molecular weight is 374 g/mol. The lowest BCUT2D eigenvalue weighted by Crippen LogP contribution is -2.39. The second kappa shape index (κ2) is 6.16. The maximum atomic E-state index is 13.6. The van der Waals surface area contributed by atoms with Crippen LogP contribution in [0.2, 0.25) is 0 Å². The van der Waals surface area contributed by atoms with Gasteiger partial charge < -0.3 is 14.3 Å². The number of imidazole rings is 1. The number of hydrogen-bond donors (Lipinski definition) is 1. The molecule has 1 N–H and O–H groups in total. The summed E-state index contributed by atoms with van der Waals surface area (Å²) >= 11 is 8.65. The Kier molecular flexibility index (Phi) is 4.44. The molecule has 7 heteroatoms. The van der Waals surface area contributed by atoms with Crippen molar-refractivity contribution < 1.29 is 9.13 Å².